The normalized spacial score (nSPS) is 29.7. The average molecular weight is 347 g/mol. The summed E-state index contributed by atoms with van der Waals surface area (Å²) in [7, 11) is 0. The Kier molecular flexibility index (Phi) is 2.79. The van der Waals surface area contributed by atoms with Crippen LogP contribution < -0.4 is 5.32 Å². The SMILES string of the molecule is O=C(NC1CN2CCC23CCC13)c1n[nH]c2ccc(-n3cccc3)cc12. The Labute approximate surface area is 151 Å². The van der Waals surface area contributed by atoms with Crippen molar-refractivity contribution in [2.75, 3.05) is 13.1 Å². The molecule has 4 heterocycles. The summed E-state index contributed by atoms with van der Waals surface area (Å²) in [5.41, 5.74) is 2.84. The van der Waals surface area contributed by atoms with Crippen molar-refractivity contribution >= 4 is 16.8 Å². The molecule has 3 atom stereocenters. The van der Waals surface area contributed by atoms with Crippen molar-refractivity contribution in [3.05, 3.63) is 48.4 Å². The number of nitrogens with one attached hydrogen (secondary N) is 2. The summed E-state index contributed by atoms with van der Waals surface area (Å²) >= 11 is 0. The molecule has 6 rings (SSSR count). The number of hydrogen-bond acceptors (Lipinski definition) is 3. The van der Waals surface area contributed by atoms with Gasteiger partial charge in [0.05, 0.1) is 5.52 Å². The van der Waals surface area contributed by atoms with Gasteiger partial charge in [-0.3, -0.25) is 14.8 Å². The van der Waals surface area contributed by atoms with Crippen LogP contribution in [0.3, 0.4) is 0 Å². The molecule has 2 saturated heterocycles. The van der Waals surface area contributed by atoms with Crippen LogP contribution in [-0.4, -0.2) is 50.2 Å². The maximum atomic E-state index is 13.0. The van der Waals surface area contributed by atoms with Gasteiger partial charge in [-0.05, 0) is 55.5 Å². The third kappa shape index (κ3) is 1.80. The predicted molar refractivity (Wildman–Crippen MR) is 98.3 cm³/mol. The Hall–Kier alpha value is -2.60. The summed E-state index contributed by atoms with van der Waals surface area (Å²) in [5, 5.41) is 11.5. The highest BCUT2D eigenvalue weighted by Crippen LogP contribution is 2.57. The molecule has 1 saturated carbocycles. The number of amides is 1. The van der Waals surface area contributed by atoms with Gasteiger partial charge in [-0.2, -0.15) is 5.10 Å². The van der Waals surface area contributed by atoms with Crippen LogP contribution in [0.2, 0.25) is 0 Å². The number of nitrogens with zero attached hydrogens (tertiary/aromatic N) is 3. The number of carbonyl (C=O) groups excluding carboxylic acids is 1. The molecule has 26 heavy (non-hydrogen) atoms. The highest BCUT2D eigenvalue weighted by Gasteiger charge is 2.63. The number of rotatable bonds is 3. The zero-order valence-electron chi connectivity index (χ0n) is 14.5. The van der Waals surface area contributed by atoms with Gasteiger partial charge in [-0.25, -0.2) is 0 Å². The topological polar surface area (TPSA) is 66.0 Å². The van der Waals surface area contributed by atoms with E-state index >= 15 is 0 Å². The van der Waals surface area contributed by atoms with Crippen molar-refractivity contribution in [3.8, 4) is 5.69 Å². The van der Waals surface area contributed by atoms with E-state index in [4.69, 9.17) is 0 Å². The van der Waals surface area contributed by atoms with Crippen LogP contribution in [0.4, 0.5) is 0 Å². The van der Waals surface area contributed by atoms with Crippen LogP contribution >= 0.6 is 0 Å². The first-order valence-corrected chi connectivity index (χ1v) is 9.42. The number of benzene rings is 1. The summed E-state index contributed by atoms with van der Waals surface area (Å²) in [6.45, 7) is 2.18. The second-order valence-electron chi connectivity index (χ2n) is 7.92. The van der Waals surface area contributed by atoms with Crippen molar-refractivity contribution in [1.82, 2.24) is 25.0 Å². The monoisotopic (exact) mass is 347 g/mol. The molecule has 6 nitrogen and oxygen atoms in total. The molecular weight excluding hydrogens is 326 g/mol. The first-order chi connectivity index (χ1) is 12.7. The van der Waals surface area contributed by atoms with Gasteiger partial charge in [0.1, 0.15) is 0 Å². The maximum absolute atomic E-state index is 13.0. The van der Waals surface area contributed by atoms with Gasteiger partial charge in [0.15, 0.2) is 5.69 Å². The molecule has 1 aromatic carbocycles. The van der Waals surface area contributed by atoms with Crippen LogP contribution in [0, 0.1) is 5.92 Å². The minimum absolute atomic E-state index is 0.0598. The number of aromatic amines is 1. The maximum Gasteiger partial charge on any atom is 0.272 e. The van der Waals surface area contributed by atoms with E-state index in [0.717, 1.165) is 23.1 Å². The van der Waals surface area contributed by atoms with E-state index in [1.807, 2.05) is 47.3 Å². The van der Waals surface area contributed by atoms with Crippen molar-refractivity contribution in [3.63, 3.8) is 0 Å². The van der Waals surface area contributed by atoms with E-state index in [0.29, 0.717) is 17.2 Å². The van der Waals surface area contributed by atoms with Crippen LogP contribution in [-0.2, 0) is 0 Å². The van der Waals surface area contributed by atoms with E-state index in [1.54, 1.807) is 0 Å². The molecule has 2 aliphatic heterocycles. The van der Waals surface area contributed by atoms with Gasteiger partial charge >= 0.3 is 0 Å². The van der Waals surface area contributed by atoms with E-state index in [1.165, 1.54) is 25.8 Å². The third-order valence-corrected chi connectivity index (χ3v) is 6.91. The minimum Gasteiger partial charge on any atom is -0.346 e. The van der Waals surface area contributed by atoms with E-state index in [9.17, 15) is 4.79 Å². The van der Waals surface area contributed by atoms with Gasteiger partial charge in [0, 0.05) is 48.1 Å². The summed E-state index contributed by atoms with van der Waals surface area (Å²) in [4.78, 5) is 15.5. The minimum atomic E-state index is -0.0598. The fourth-order valence-electron chi connectivity index (χ4n) is 5.34. The highest BCUT2D eigenvalue weighted by molar-refractivity contribution is 6.05. The molecule has 3 unspecified atom stereocenters. The van der Waals surface area contributed by atoms with Crippen molar-refractivity contribution in [2.45, 2.75) is 30.8 Å². The summed E-state index contributed by atoms with van der Waals surface area (Å²) in [5.74, 6) is 0.566. The lowest BCUT2D eigenvalue weighted by Gasteiger charge is -2.58. The Morgan fingerprint density at radius 2 is 2.15 bits per heavy atom. The predicted octanol–water partition coefficient (Wildman–Crippen LogP) is 2.32. The largest absolute Gasteiger partial charge is 0.346 e. The second kappa shape index (κ2) is 4.98. The zero-order chi connectivity index (χ0) is 17.3. The lowest BCUT2D eigenvalue weighted by atomic mass is 9.61. The van der Waals surface area contributed by atoms with Crippen molar-refractivity contribution < 1.29 is 4.79 Å². The zero-order valence-corrected chi connectivity index (χ0v) is 14.5. The van der Waals surface area contributed by atoms with Crippen LogP contribution in [0.5, 0.6) is 0 Å². The Bertz CT molecular complexity index is 1000. The van der Waals surface area contributed by atoms with Crippen molar-refractivity contribution in [1.29, 1.82) is 0 Å². The number of H-pyrrole nitrogens is 1. The molecule has 1 spiro atoms. The number of carbonyl (C=O) groups is 1. The van der Waals surface area contributed by atoms with E-state index < -0.39 is 0 Å². The summed E-state index contributed by atoms with van der Waals surface area (Å²) in [6.07, 6.45) is 7.84. The lowest BCUT2D eigenvalue weighted by molar-refractivity contribution is -0.0676. The molecule has 3 aromatic rings. The molecule has 6 heteroatoms. The number of hydrogen-bond donors (Lipinski definition) is 2. The first-order valence-electron chi connectivity index (χ1n) is 9.42. The van der Waals surface area contributed by atoms with E-state index in [-0.39, 0.29) is 11.9 Å². The van der Waals surface area contributed by atoms with Crippen LogP contribution in [0.15, 0.2) is 42.7 Å². The molecule has 0 radical (unpaired) electrons. The second-order valence-corrected chi connectivity index (χ2v) is 7.92. The quantitative estimate of drug-likeness (QED) is 0.764. The van der Waals surface area contributed by atoms with Crippen molar-refractivity contribution in [2.24, 2.45) is 5.92 Å². The number of aromatic nitrogens is 3. The Morgan fingerprint density at radius 3 is 2.85 bits per heavy atom. The molecule has 1 amide bonds. The average Bonchev–Trinajstić information content (AvgIpc) is 3.28. The smallest absolute Gasteiger partial charge is 0.272 e. The fourth-order valence-corrected chi connectivity index (χ4v) is 5.34. The Balaban J connectivity index is 1.30. The Morgan fingerprint density at radius 1 is 1.27 bits per heavy atom. The van der Waals surface area contributed by atoms with Gasteiger partial charge in [0.2, 0.25) is 0 Å². The molecule has 2 N–H and O–H groups in total. The molecular formula is C20H21N5O. The molecule has 3 aliphatic rings. The molecule has 3 fully saturated rings. The molecule has 132 valence electrons. The molecule has 0 bridgehead atoms. The molecule has 1 aliphatic carbocycles. The standard InChI is InChI=1S/C20H21N5O/c26-19(21-17-12-25-10-7-20(25)6-5-15(17)20)18-14-11-13(24-8-1-2-9-24)3-4-16(14)22-23-18/h1-4,8-9,11,15,17H,5-7,10,12H2,(H,21,26)(H,22,23). The first kappa shape index (κ1) is 14.6. The van der Waals surface area contributed by atoms with E-state index in [2.05, 4.69) is 20.4 Å². The lowest BCUT2D eigenvalue weighted by Crippen LogP contribution is -2.64. The highest BCUT2D eigenvalue weighted by atomic mass is 16.2. The van der Waals surface area contributed by atoms with Crippen LogP contribution in [0.1, 0.15) is 29.8 Å². The van der Waals surface area contributed by atoms with Gasteiger partial charge in [-0.15, -0.1) is 0 Å². The fraction of sp³-hybridized carbons (Fsp3) is 0.400. The number of fused-ring (bicyclic) bond motifs is 1. The van der Waals surface area contributed by atoms with Gasteiger partial charge in [-0.1, -0.05) is 0 Å². The third-order valence-electron chi connectivity index (χ3n) is 6.91. The van der Waals surface area contributed by atoms with Gasteiger partial charge in [0.25, 0.3) is 5.91 Å². The summed E-state index contributed by atoms with van der Waals surface area (Å²) < 4.78 is 2.04. The summed E-state index contributed by atoms with van der Waals surface area (Å²) in [6, 6.07) is 10.3. The molecule has 2 aromatic heterocycles. The van der Waals surface area contributed by atoms with Gasteiger partial charge < -0.3 is 9.88 Å². The van der Waals surface area contributed by atoms with Crippen LogP contribution in [0.25, 0.3) is 16.6 Å².